The van der Waals surface area contributed by atoms with Crippen LogP contribution in [0.4, 0.5) is 11.6 Å². The predicted octanol–water partition coefficient (Wildman–Crippen LogP) is 4.58. The molecule has 0 amide bonds. The molecule has 0 saturated heterocycles. The lowest BCUT2D eigenvalue weighted by Crippen LogP contribution is -2.22. The van der Waals surface area contributed by atoms with Gasteiger partial charge in [-0.3, -0.25) is 4.68 Å². The maximum atomic E-state index is 5.78. The number of rotatable bonds is 3. The van der Waals surface area contributed by atoms with E-state index in [0.717, 1.165) is 73.2 Å². The molecule has 0 aliphatic carbocycles. The third kappa shape index (κ3) is 2.89. The van der Waals surface area contributed by atoms with Gasteiger partial charge in [0.15, 0.2) is 5.82 Å². The van der Waals surface area contributed by atoms with Crippen LogP contribution in [0.2, 0.25) is 0 Å². The van der Waals surface area contributed by atoms with Crippen LogP contribution in [0.3, 0.4) is 0 Å². The standard InChI is InChI=1S/C24H23N7O2/c1-12-20(13(2)33-30-12)16-9-17-15(10-19(16)32-4)21-23(27-17)25-11-26-24(21)28-22-14-7-5-6-8-18(14)31(3)29-22/h5-10,25,27H,11H2,1-4H3,(H,26,28,29). The Hall–Kier alpha value is -4.27. The second-order valence-electron chi connectivity index (χ2n) is 8.13. The van der Waals surface area contributed by atoms with Crippen LogP contribution in [0, 0.1) is 13.8 Å². The minimum absolute atomic E-state index is 0.459. The molecule has 3 N–H and O–H groups in total. The van der Waals surface area contributed by atoms with Crippen molar-refractivity contribution in [3.8, 4) is 16.9 Å². The largest absolute Gasteiger partial charge is 0.496 e. The highest BCUT2D eigenvalue weighted by Gasteiger charge is 2.25. The lowest BCUT2D eigenvalue weighted by atomic mass is 10.00. The smallest absolute Gasteiger partial charge is 0.161 e. The molecule has 0 atom stereocenters. The number of hydrogen-bond acceptors (Lipinski definition) is 7. The Morgan fingerprint density at radius 2 is 1.97 bits per heavy atom. The number of benzene rings is 2. The van der Waals surface area contributed by atoms with Crippen LogP contribution in [0.1, 0.15) is 17.0 Å². The molecule has 1 aliphatic rings. The van der Waals surface area contributed by atoms with E-state index in [4.69, 9.17) is 14.3 Å². The highest BCUT2D eigenvalue weighted by molar-refractivity contribution is 6.21. The van der Waals surface area contributed by atoms with E-state index in [0.29, 0.717) is 6.67 Å². The van der Waals surface area contributed by atoms with E-state index in [9.17, 15) is 0 Å². The van der Waals surface area contributed by atoms with E-state index in [1.807, 2.05) is 43.8 Å². The Morgan fingerprint density at radius 1 is 1.12 bits per heavy atom. The quantitative estimate of drug-likeness (QED) is 0.379. The van der Waals surface area contributed by atoms with E-state index in [1.165, 1.54) is 0 Å². The molecule has 9 nitrogen and oxygen atoms in total. The molecule has 1 aliphatic heterocycles. The van der Waals surface area contributed by atoms with Gasteiger partial charge in [-0.1, -0.05) is 17.3 Å². The van der Waals surface area contributed by atoms with Crippen LogP contribution in [0.25, 0.3) is 32.9 Å². The summed E-state index contributed by atoms with van der Waals surface area (Å²) >= 11 is 0. The summed E-state index contributed by atoms with van der Waals surface area (Å²) < 4.78 is 13.0. The molecule has 2 aromatic carbocycles. The molecule has 0 fully saturated rings. The molecular formula is C24H23N7O2. The highest BCUT2D eigenvalue weighted by atomic mass is 16.5. The van der Waals surface area contributed by atoms with Crippen molar-refractivity contribution in [3.05, 3.63) is 53.4 Å². The lowest BCUT2D eigenvalue weighted by Gasteiger charge is -2.16. The van der Waals surface area contributed by atoms with Crippen molar-refractivity contribution < 1.29 is 9.26 Å². The first kappa shape index (κ1) is 19.4. The van der Waals surface area contributed by atoms with Crippen molar-refractivity contribution in [1.82, 2.24) is 19.9 Å². The van der Waals surface area contributed by atoms with Crippen molar-refractivity contribution in [3.63, 3.8) is 0 Å². The van der Waals surface area contributed by atoms with Gasteiger partial charge in [-0.05, 0) is 38.1 Å². The SMILES string of the molecule is COc1cc2c3c([nH]c2cc1-c1c(C)noc1C)NCN=C3Nc1nn(C)c2ccccc12. The number of methoxy groups -OCH3 is 1. The molecule has 5 aromatic rings. The first-order valence-corrected chi connectivity index (χ1v) is 10.7. The number of nitrogens with zero attached hydrogens (tertiary/aromatic N) is 4. The number of hydrogen-bond donors (Lipinski definition) is 3. The summed E-state index contributed by atoms with van der Waals surface area (Å²) in [5.74, 6) is 3.93. The molecule has 33 heavy (non-hydrogen) atoms. The van der Waals surface area contributed by atoms with Gasteiger partial charge in [-0.15, -0.1) is 0 Å². The molecule has 0 spiro atoms. The molecule has 0 radical (unpaired) electrons. The fraction of sp³-hybridized carbons (Fsp3) is 0.208. The fourth-order valence-electron chi connectivity index (χ4n) is 4.63. The Labute approximate surface area is 189 Å². The number of ether oxygens (including phenoxy) is 1. The zero-order valence-electron chi connectivity index (χ0n) is 18.8. The van der Waals surface area contributed by atoms with Crippen molar-refractivity contribution in [2.75, 3.05) is 24.4 Å². The van der Waals surface area contributed by atoms with Gasteiger partial charge in [0.1, 0.15) is 29.8 Å². The van der Waals surface area contributed by atoms with Gasteiger partial charge in [0, 0.05) is 28.9 Å². The Balaban J connectivity index is 1.50. The van der Waals surface area contributed by atoms with E-state index in [1.54, 1.807) is 7.11 Å². The molecule has 3 aromatic heterocycles. The van der Waals surface area contributed by atoms with Crippen molar-refractivity contribution in [2.45, 2.75) is 13.8 Å². The molecule has 6 rings (SSSR count). The van der Waals surface area contributed by atoms with Crippen LogP contribution in [-0.2, 0) is 7.05 Å². The van der Waals surface area contributed by atoms with Crippen LogP contribution >= 0.6 is 0 Å². The number of aromatic amines is 1. The number of aryl methyl sites for hydroxylation is 3. The van der Waals surface area contributed by atoms with Gasteiger partial charge in [-0.2, -0.15) is 5.10 Å². The predicted molar refractivity (Wildman–Crippen MR) is 129 cm³/mol. The number of nitrogens with one attached hydrogen (secondary N) is 3. The van der Waals surface area contributed by atoms with Crippen molar-refractivity contribution >= 4 is 39.3 Å². The molecule has 9 heteroatoms. The molecular weight excluding hydrogens is 418 g/mol. The molecule has 4 heterocycles. The zero-order chi connectivity index (χ0) is 22.7. The summed E-state index contributed by atoms with van der Waals surface area (Å²) in [6.45, 7) is 4.30. The second kappa shape index (κ2) is 7.13. The summed E-state index contributed by atoms with van der Waals surface area (Å²) in [6.07, 6.45) is 0. The van der Waals surface area contributed by atoms with Gasteiger partial charge in [0.25, 0.3) is 0 Å². The number of aromatic nitrogens is 4. The van der Waals surface area contributed by atoms with E-state index < -0.39 is 0 Å². The van der Waals surface area contributed by atoms with Gasteiger partial charge in [0.2, 0.25) is 0 Å². The summed E-state index contributed by atoms with van der Waals surface area (Å²) in [7, 11) is 3.61. The maximum Gasteiger partial charge on any atom is 0.161 e. The number of H-pyrrole nitrogens is 1. The van der Waals surface area contributed by atoms with Gasteiger partial charge < -0.3 is 24.9 Å². The summed E-state index contributed by atoms with van der Waals surface area (Å²) in [6, 6.07) is 12.2. The van der Waals surface area contributed by atoms with Gasteiger partial charge in [-0.25, -0.2) is 4.99 Å². The van der Waals surface area contributed by atoms with Gasteiger partial charge in [0.05, 0.1) is 29.4 Å². The number of fused-ring (bicyclic) bond motifs is 4. The van der Waals surface area contributed by atoms with E-state index in [2.05, 4.69) is 44.1 Å². The maximum absolute atomic E-state index is 5.78. The first-order valence-electron chi connectivity index (χ1n) is 10.7. The Kier molecular flexibility index (Phi) is 4.19. The topological polar surface area (TPSA) is 105 Å². The van der Waals surface area contributed by atoms with Gasteiger partial charge >= 0.3 is 0 Å². The van der Waals surface area contributed by atoms with Crippen LogP contribution in [0.5, 0.6) is 5.75 Å². The summed E-state index contributed by atoms with van der Waals surface area (Å²) in [4.78, 5) is 8.22. The number of para-hydroxylation sites is 1. The molecule has 0 saturated carbocycles. The summed E-state index contributed by atoms with van der Waals surface area (Å²) in [5, 5.41) is 17.6. The minimum Gasteiger partial charge on any atom is -0.496 e. The molecule has 0 bridgehead atoms. The van der Waals surface area contributed by atoms with Crippen molar-refractivity contribution in [1.29, 1.82) is 0 Å². The van der Waals surface area contributed by atoms with E-state index in [-0.39, 0.29) is 0 Å². The Morgan fingerprint density at radius 3 is 2.76 bits per heavy atom. The normalized spacial score (nSPS) is 13.2. The monoisotopic (exact) mass is 441 g/mol. The minimum atomic E-state index is 0.459. The molecule has 0 unspecified atom stereocenters. The average Bonchev–Trinajstić information content (AvgIpc) is 3.46. The van der Waals surface area contributed by atoms with Crippen LogP contribution < -0.4 is 15.4 Å². The Bertz CT molecular complexity index is 1550. The van der Waals surface area contributed by atoms with Crippen molar-refractivity contribution in [2.24, 2.45) is 12.0 Å². The second-order valence-corrected chi connectivity index (χ2v) is 8.13. The highest BCUT2D eigenvalue weighted by Crippen LogP contribution is 2.40. The number of anilines is 2. The van der Waals surface area contributed by atoms with Crippen LogP contribution in [-0.4, -0.2) is 39.5 Å². The average molecular weight is 441 g/mol. The summed E-state index contributed by atoms with van der Waals surface area (Å²) in [5.41, 5.74) is 5.67. The third-order valence-electron chi connectivity index (χ3n) is 6.15. The van der Waals surface area contributed by atoms with Crippen LogP contribution in [0.15, 0.2) is 45.9 Å². The van der Waals surface area contributed by atoms with E-state index >= 15 is 0 Å². The number of amidine groups is 1. The first-order chi connectivity index (χ1) is 16.0. The number of aliphatic imine (C=N–C) groups is 1. The third-order valence-corrected chi connectivity index (χ3v) is 6.15. The molecule has 166 valence electrons. The lowest BCUT2D eigenvalue weighted by molar-refractivity contribution is 0.393. The zero-order valence-corrected chi connectivity index (χ0v) is 18.8. The fourth-order valence-corrected chi connectivity index (χ4v) is 4.63.